The minimum absolute atomic E-state index is 0.246. The lowest BCUT2D eigenvalue weighted by Crippen LogP contribution is -2.22. The van der Waals surface area contributed by atoms with Crippen molar-refractivity contribution in [1.29, 1.82) is 0 Å². The number of fused-ring (bicyclic) bond motifs is 1. The molecule has 1 aliphatic rings. The minimum Gasteiger partial charge on any atom is -0.444 e. The van der Waals surface area contributed by atoms with Crippen molar-refractivity contribution in [2.75, 3.05) is 19.0 Å². The summed E-state index contributed by atoms with van der Waals surface area (Å²) in [5, 5.41) is 14.8. The molecule has 0 radical (unpaired) electrons. The fourth-order valence-electron chi connectivity index (χ4n) is 3.04. The molecule has 0 aromatic carbocycles. The highest BCUT2D eigenvalue weighted by molar-refractivity contribution is 5.72. The van der Waals surface area contributed by atoms with Crippen LogP contribution < -0.4 is 11.1 Å². The maximum atomic E-state index is 10.8. The van der Waals surface area contributed by atoms with Crippen molar-refractivity contribution in [1.82, 2.24) is 24.8 Å². The number of aromatic nitrogens is 5. The molecule has 142 valence electrons. The summed E-state index contributed by atoms with van der Waals surface area (Å²) < 4.78 is 17.5. The molecule has 1 saturated heterocycles. The van der Waals surface area contributed by atoms with Crippen LogP contribution in [0.1, 0.15) is 23.9 Å². The molecule has 11 heteroatoms. The number of nitrogens with zero attached hydrogens (tertiary/aromatic N) is 4. The minimum atomic E-state index is -0.802. The van der Waals surface area contributed by atoms with Gasteiger partial charge >= 0.3 is 6.09 Å². The SMILES string of the molecule is COCc1cc2c(Nc3cc([C@H]4C[C@@H](OC(N)=O)CO4)[nH]n3)nccn2n1. The Labute approximate surface area is 153 Å². The molecule has 4 heterocycles. The third-order valence-electron chi connectivity index (χ3n) is 4.17. The van der Waals surface area contributed by atoms with Crippen molar-refractivity contribution in [3.8, 4) is 0 Å². The number of amides is 1. The smallest absolute Gasteiger partial charge is 0.404 e. The molecule has 4 N–H and O–H groups in total. The molecule has 3 aromatic rings. The zero-order chi connectivity index (χ0) is 18.8. The first-order valence-corrected chi connectivity index (χ1v) is 8.34. The number of carbonyl (C=O) groups is 1. The van der Waals surface area contributed by atoms with E-state index in [1.807, 2.05) is 12.1 Å². The number of hydrogen-bond acceptors (Lipinski definition) is 8. The van der Waals surface area contributed by atoms with E-state index in [0.717, 1.165) is 16.9 Å². The second-order valence-electron chi connectivity index (χ2n) is 6.12. The molecule has 0 saturated carbocycles. The van der Waals surface area contributed by atoms with Crippen molar-refractivity contribution in [2.45, 2.75) is 25.2 Å². The number of nitrogens with two attached hydrogens (primary N) is 1. The highest BCUT2D eigenvalue weighted by Gasteiger charge is 2.30. The summed E-state index contributed by atoms with van der Waals surface area (Å²) in [5.41, 5.74) is 7.42. The van der Waals surface area contributed by atoms with Gasteiger partial charge in [-0.05, 0) is 6.07 Å². The van der Waals surface area contributed by atoms with Crippen LogP contribution >= 0.6 is 0 Å². The van der Waals surface area contributed by atoms with Gasteiger partial charge in [-0.1, -0.05) is 0 Å². The Morgan fingerprint density at radius 3 is 3.22 bits per heavy atom. The highest BCUT2D eigenvalue weighted by Crippen LogP contribution is 2.31. The topological polar surface area (TPSA) is 142 Å². The van der Waals surface area contributed by atoms with Gasteiger partial charge in [0.1, 0.15) is 17.7 Å². The van der Waals surface area contributed by atoms with Gasteiger partial charge in [-0.3, -0.25) is 5.10 Å². The van der Waals surface area contributed by atoms with E-state index in [1.54, 1.807) is 24.0 Å². The number of aromatic amines is 1. The van der Waals surface area contributed by atoms with Gasteiger partial charge in [0.2, 0.25) is 0 Å². The van der Waals surface area contributed by atoms with Crippen LogP contribution in [-0.4, -0.2) is 50.7 Å². The summed E-state index contributed by atoms with van der Waals surface area (Å²) >= 11 is 0. The fraction of sp³-hybridized carbons (Fsp3) is 0.375. The molecule has 11 nitrogen and oxygen atoms in total. The van der Waals surface area contributed by atoms with Crippen molar-refractivity contribution >= 4 is 23.2 Å². The highest BCUT2D eigenvalue weighted by atomic mass is 16.6. The molecule has 0 aliphatic carbocycles. The average Bonchev–Trinajstić information content (AvgIpc) is 3.34. The number of anilines is 2. The van der Waals surface area contributed by atoms with Crippen LogP contribution in [0.15, 0.2) is 24.5 Å². The lowest BCUT2D eigenvalue weighted by atomic mass is 10.1. The number of hydrogen-bond donors (Lipinski definition) is 3. The first-order valence-electron chi connectivity index (χ1n) is 8.34. The van der Waals surface area contributed by atoms with E-state index < -0.39 is 6.09 Å². The van der Waals surface area contributed by atoms with Crippen LogP contribution in [0.3, 0.4) is 0 Å². The molecule has 1 fully saturated rings. The Balaban J connectivity index is 1.48. The first-order chi connectivity index (χ1) is 13.1. The normalized spacial score (nSPS) is 19.4. The van der Waals surface area contributed by atoms with Gasteiger partial charge in [-0.25, -0.2) is 14.3 Å². The third-order valence-corrected chi connectivity index (χ3v) is 4.17. The zero-order valence-corrected chi connectivity index (χ0v) is 14.6. The van der Waals surface area contributed by atoms with Crippen LogP contribution in [0.25, 0.3) is 5.52 Å². The summed E-state index contributed by atoms with van der Waals surface area (Å²) in [6, 6.07) is 3.73. The Morgan fingerprint density at radius 2 is 2.41 bits per heavy atom. The van der Waals surface area contributed by atoms with E-state index in [2.05, 4.69) is 25.6 Å². The summed E-state index contributed by atoms with van der Waals surface area (Å²) in [6.07, 6.45) is 2.53. The van der Waals surface area contributed by atoms with E-state index >= 15 is 0 Å². The molecule has 27 heavy (non-hydrogen) atoms. The maximum Gasteiger partial charge on any atom is 0.404 e. The van der Waals surface area contributed by atoms with E-state index in [4.69, 9.17) is 19.9 Å². The van der Waals surface area contributed by atoms with Crippen molar-refractivity contribution in [2.24, 2.45) is 5.73 Å². The summed E-state index contributed by atoms with van der Waals surface area (Å²) in [7, 11) is 1.62. The number of primary amides is 1. The summed E-state index contributed by atoms with van der Waals surface area (Å²) in [6.45, 7) is 0.718. The summed E-state index contributed by atoms with van der Waals surface area (Å²) in [4.78, 5) is 15.2. The van der Waals surface area contributed by atoms with Crippen LogP contribution in [0.4, 0.5) is 16.4 Å². The number of nitrogens with one attached hydrogen (secondary N) is 2. The maximum absolute atomic E-state index is 10.8. The van der Waals surface area contributed by atoms with Gasteiger partial charge in [0, 0.05) is 32.0 Å². The molecule has 1 aliphatic heterocycles. The Morgan fingerprint density at radius 1 is 1.52 bits per heavy atom. The Hall–Kier alpha value is -3.18. The number of ether oxygens (including phenoxy) is 3. The summed E-state index contributed by atoms with van der Waals surface area (Å²) in [5.74, 6) is 1.20. The number of carbonyl (C=O) groups excluding carboxylic acids is 1. The van der Waals surface area contributed by atoms with Crippen LogP contribution in [0.2, 0.25) is 0 Å². The van der Waals surface area contributed by atoms with E-state index in [1.165, 1.54) is 0 Å². The molecule has 1 amide bonds. The number of methoxy groups -OCH3 is 1. The van der Waals surface area contributed by atoms with Crippen LogP contribution in [0.5, 0.6) is 0 Å². The van der Waals surface area contributed by atoms with Gasteiger partial charge < -0.3 is 25.3 Å². The van der Waals surface area contributed by atoms with Gasteiger partial charge in [0.15, 0.2) is 11.6 Å². The molecule has 2 atom stereocenters. The zero-order valence-electron chi connectivity index (χ0n) is 14.6. The second kappa shape index (κ2) is 7.21. The lowest BCUT2D eigenvalue weighted by Gasteiger charge is -2.07. The van der Waals surface area contributed by atoms with Crippen LogP contribution in [-0.2, 0) is 20.8 Å². The van der Waals surface area contributed by atoms with Gasteiger partial charge in [0.25, 0.3) is 0 Å². The van der Waals surface area contributed by atoms with Crippen molar-refractivity contribution < 1.29 is 19.0 Å². The first kappa shape index (κ1) is 17.2. The Bertz CT molecular complexity index is 953. The van der Waals surface area contributed by atoms with Gasteiger partial charge in [-0.2, -0.15) is 10.2 Å². The lowest BCUT2D eigenvalue weighted by molar-refractivity contribution is 0.0730. The quantitative estimate of drug-likeness (QED) is 0.586. The van der Waals surface area contributed by atoms with Gasteiger partial charge in [0.05, 0.1) is 24.6 Å². The molecule has 0 spiro atoms. The van der Waals surface area contributed by atoms with Gasteiger partial charge in [-0.15, -0.1) is 0 Å². The van der Waals surface area contributed by atoms with E-state index in [9.17, 15) is 4.79 Å². The second-order valence-corrected chi connectivity index (χ2v) is 6.12. The number of rotatable bonds is 6. The third kappa shape index (κ3) is 3.68. The molecular formula is C16H19N7O4. The number of H-pyrrole nitrogens is 1. The van der Waals surface area contributed by atoms with Crippen molar-refractivity contribution in [3.63, 3.8) is 0 Å². The van der Waals surface area contributed by atoms with E-state index in [-0.39, 0.29) is 12.2 Å². The molecule has 0 bridgehead atoms. The standard InChI is InChI=1S/C16H19N7O4/c1-25-7-9-4-12-15(18-2-3-23(12)22-9)19-14-6-11(20-21-14)13-5-10(8-26-13)27-16(17)24/h2-4,6,10,13H,5,7-8H2,1H3,(H2,17,24)(H2,18,19,20,21)/t10-,13-/m1/s1. The predicted octanol–water partition coefficient (Wildman–Crippen LogP) is 1.27. The monoisotopic (exact) mass is 373 g/mol. The molecular weight excluding hydrogens is 354 g/mol. The molecule has 0 unspecified atom stereocenters. The van der Waals surface area contributed by atoms with Crippen LogP contribution in [0, 0.1) is 0 Å². The molecule has 4 rings (SSSR count). The average molecular weight is 373 g/mol. The van der Waals surface area contributed by atoms with Crippen molar-refractivity contribution in [3.05, 3.63) is 35.9 Å². The van der Waals surface area contributed by atoms with E-state index in [0.29, 0.717) is 31.3 Å². The fourth-order valence-corrected chi connectivity index (χ4v) is 3.04. The predicted molar refractivity (Wildman–Crippen MR) is 93.3 cm³/mol. The Kier molecular flexibility index (Phi) is 4.60. The largest absolute Gasteiger partial charge is 0.444 e. The molecule has 3 aromatic heterocycles.